The third kappa shape index (κ3) is 3.55. The van der Waals surface area contributed by atoms with Crippen LogP contribution in [0.1, 0.15) is 51.8 Å². The molecule has 1 fully saturated rings. The van der Waals surface area contributed by atoms with Crippen LogP contribution in [-0.4, -0.2) is 42.2 Å². The topological polar surface area (TPSA) is 37.4 Å². The molecule has 4 nitrogen and oxygen atoms in total. The van der Waals surface area contributed by atoms with E-state index in [0.29, 0.717) is 0 Å². The van der Waals surface area contributed by atoms with Gasteiger partial charge in [0.1, 0.15) is 11.4 Å². The molecule has 0 aliphatic carbocycles. The van der Waals surface area contributed by atoms with Gasteiger partial charge in [0, 0.05) is 11.7 Å². The van der Waals surface area contributed by atoms with Crippen LogP contribution in [0.2, 0.25) is 0 Å². The first-order valence-corrected chi connectivity index (χ1v) is 8.08. The molecule has 2 heterocycles. The number of piperidine rings is 1. The molecule has 1 aliphatic rings. The number of nitrogens with one attached hydrogen (secondary N) is 1. The summed E-state index contributed by atoms with van der Waals surface area (Å²) in [5.74, 6) is 0.869. The number of rotatable bonds is 6. The van der Waals surface area contributed by atoms with Gasteiger partial charge in [-0.25, -0.2) is 0 Å². The minimum absolute atomic E-state index is 0.0120. The molecular formula is C17H29N3O. The van der Waals surface area contributed by atoms with Gasteiger partial charge < -0.3 is 10.1 Å². The summed E-state index contributed by atoms with van der Waals surface area (Å²) in [5, 5.41) is 3.63. The Kier molecular flexibility index (Phi) is 5.59. The van der Waals surface area contributed by atoms with Crippen molar-refractivity contribution >= 4 is 0 Å². The predicted octanol–water partition coefficient (Wildman–Crippen LogP) is 3.01. The highest BCUT2D eigenvalue weighted by Crippen LogP contribution is 2.35. The first-order valence-electron chi connectivity index (χ1n) is 8.08. The van der Waals surface area contributed by atoms with Crippen LogP contribution in [0.5, 0.6) is 5.75 Å². The molecule has 4 heteroatoms. The average molecular weight is 291 g/mol. The van der Waals surface area contributed by atoms with Gasteiger partial charge in [-0.05, 0) is 58.5 Å². The van der Waals surface area contributed by atoms with Crippen LogP contribution in [0.15, 0.2) is 18.3 Å². The summed E-state index contributed by atoms with van der Waals surface area (Å²) < 4.78 is 5.53. The zero-order chi connectivity index (χ0) is 15.3. The number of ether oxygens (including phenoxy) is 1. The highest BCUT2D eigenvalue weighted by Gasteiger charge is 2.38. The van der Waals surface area contributed by atoms with E-state index < -0.39 is 0 Å². The van der Waals surface area contributed by atoms with Gasteiger partial charge in [-0.1, -0.05) is 13.3 Å². The molecule has 0 spiro atoms. The zero-order valence-electron chi connectivity index (χ0n) is 13.9. The molecule has 21 heavy (non-hydrogen) atoms. The summed E-state index contributed by atoms with van der Waals surface area (Å²) in [5.41, 5.74) is 1.02. The number of likely N-dealkylation sites (N-methyl/N-ethyl adjacent to an activating group) is 1. The van der Waals surface area contributed by atoms with Crippen LogP contribution < -0.4 is 10.1 Å². The smallest absolute Gasteiger partial charge is 0.142 e. The van der Waals surface area contributed by atoms with Crippen LogP contribution in [0.3, 0.4) is 0 Å². The Morgan fingerprint density at radius 3 is 2.67 bits per heavy atom. The summed E-state index contributed by atoms with van der Waals surface area (Å²) in [7, 11) is 1.72. The zero-order valence-corrected chi connectivity index (χ0v) is 13.9. The summed E-state index contributed by atoms with van der Waals surface area (Å²) >= 11 is 0. The molecule has 1 saturated heterocycles. The molecule has 1 atom stereocenters. The van der Waals surface area contributed by atoms with Crippen molar-refractivity contribution in [1.29, 1.82) is 0 Å². The van der Waals surface area contributed by atoms with Crippen LogP contribution in [0.4, 0.5) is 0 Å². The van der Waals surface area contributed by atoms with Gasteiger partial charge >= 0.3 is 0 Å². The van der Waals surface area contributed by atoms with Crippen molar-refractivity contribution < 1.29 is 4.74 Å². The van der Waals surface area contributed by atoms with Gasteiger partial charge in [-0.2, -0.15) is 0 Å². The van der Waals surface area contributed by atoms with E-state index in [1.807, 2.05) is 18.3 Å². The maximum Gasteiger partial charge on any atom is 0.142 e. The maximum atomic E-state index is 5.53. The molecule has 0 saturated carbocycles. The van der Waals surface area contributed by atoms with Crippen LogP contribution in [0.25, 0.3) is 0 Å². The normalized spacial score (nSPS) is 18.5. The van der Waals surface area contributed by atoms with Crippen molar-refractivity contribution in [3.63, 3.8) is 0 Å². The third-order valence-electron chi connectivity index (χ3n) is 4.58. The molecule has 118 valence electrons. The maximum absolute atomic E-state index is 5.53. The molecule has 1 aromatic rings. The predicted molar refractivity (Wildman–Crippen MR) is 86.7 cm³/mol. The van der Waals surface area contributed by atoms with E-state index in [0.717, 1.165) is 18.0 Å². The van der Waals surface area contributed by atoms with Crippen molar-refractivity contribution in [3.05, 3.63) is 24.0 Å². The molecular weight excluding hydrogens is 262 g/mol. The minimum Gasteiger partial charge on any atom is -0.495 e. The fourth-order valence-electron chi connectivity index (χ4n) is 3.33. The van der Waals surface area contributed by atoms with Crippen molar-refractivity contribution in [1.82, 2.24) is 15.2 Å². The lowest BCUT2D eigenvalue weighted by Crippen LogP contribution is -2.54. The Morgan fingerprint density at radius 2 is 2.05 bits per heavy atom. The third-order valence-corrected chi connectivity index (χ3v) is 4.58. The van der Waals surface area contributed by atoms with Gasteiger partial charge in [-0.15, -0.1) is 0 Å². The van der Waals surface area contributed by atoms with Gasteiger partial charge in [0.05, 0.1) is 13.2 Å². The van der Waals surface area contributed by atoms with Gasteiger partial charge in [0.2, 0.25) is 0 Å². The standard InChI is InChI=1S/C17H29N3O/c1-5-18-16(15-14(21-4)10-9-11-19-15)17(2,3)20-12-7-6-8-13-20/h9-11,16,18H,5-8,12-13H2,1-4H3. The Morgan fingerprint density at radius 1 is 1.33 bits per heavy atom. The average Bonchev–Trinajstić information content (AvgIpc) is 2.53. The quantitative estimate of drug-likeness (QED) is 0.874. The molecule has 0 amide bonds. The van der Waals surface area contributed by atoms with E-state index in [1.54, 1.807) is 7.11 Å². The van der Waals surface area contributed by atoms with Crippen molar-refractivity contribution in [2.24, 2.45) is 0 Å². The fourth-order valence-corrected chi connectivity index (χ4v) is 3.33. The Hall–Kier alpha value is -1.13. The lowest BCUT2D eigenvalue weighted by molar-refractivity contribution is 0.0591. The number of pyridine rings is 1. The van der Waals surface area contributed by atoms with Crippen molar-refractivity contribution in [3.8, 4) is 5.75 Å². The summed E-state index contributed by atoms with van der Waals surface area (Å²) in [6.45, 7) is 10.0. The molecule has 0 bridgehead atoms. The first kappa shape index (κ1) is 16.2. The highest BCUT2D eigenvalue weighted by atomic mass is 16.5. The number of hydrogen-bond donors (Lipinski definition) is 1. The highest BCUT2D eigenvalue weighted by molar-refractivity contribution is 5.31. The second kappa shape index (κ2) is 7.23. The van der Waals surface area contributed by atoms with Gasteiger partial charge in [0.15, 0.2) is 0 Å². The summed E-state index contributed by atoms with van der Waals surface area (Å²) in [6, 6.07) is 4.09. The van der Waals surface area contributed by atoms with E-state index in [2.05, 4.69) is 36.0 Å². The second-order valence-electron chi connectivity index (χ2n) is 6.28. The van der Waals surface area contributed by atoms with Gasteiger partial charge in [0.25, 0.3) is 0 Å². The Balaban J connectivity index is 2.32. The minimum atomic E-state index is 0.0120. The first-order chi connectivity index (χ1) is 10.1. The largest absolute Gasteiger partial charge is 0.495 e. The van der Waals surface area contributed by atoms with E-state index >= 15 is 0 Å². The molecule has 1 unspecified atom stereocenters. The molecule has 2 rings (SSSR count). The van der Waals surface area contributed by atoms with E-state index in [1.165, 1.54) is 32.4 Å². The summed E-state index contributed by atoms with van der Waals surface area (Å²) in [4.78, 5) is 7.21. The Bertz CT molecular complexity index is 441. The molecule has 0 aromatic carbocycles. The monoisotopic (exact) mass is 291 g/mol. The van der Waals surface area contributed by atoms with Crippen LogP contribution >= 0.6 is 0 Å². The van der Waals surface area contributed by atoms with Gasteiger partial charge in [-0.3, -0.25) is 9.88 Å². The van der Waals surface area contributed by atoms with Crippen LogP contribution in [-0.2, 0) is 0 Å². The molecule has 1 N–H and O–H groups in total. The SMILES string of the molecule is CCNC(c1ncccc1OC)C(C)(C)N1CCCCC1. The van der Waals surface area contributed by atoms with Crippen molar-refractivity contribution in [2.45, 2.75) is 51.6 Å². The lowest BCUT2D eigenvalue weighted by atomic mass is 9.87. The van der Waals surface area contributed by atoms with E-state index in [9.17, 15) is 0 Å². The number of aromatic nitrogens is 1. The molecule has 1 aliphatic heterocycles. The molecule has 0 radical (unpaired) electrons. The number of hydrogen-bond acceptors (Lipinski definition) is 4. The number of nitrogens with zero attached hydrogens (tertiary/aromatic N) is 2. The summed E-state index contributed by atoms with van der Waals surface area (Å²) in [6.07, 6.45) is 5.79. The van der Waals surface area contributed by atoms with Crippen molar-refractivity contribution in [2.75, 3.05) is 26.7 Å². The van der Waals surface area contributed by atoms with E-state index in [4.69, 9.17) is 4.74 Å². The van der Waals surface area contributed by atoms with Crippen LogP contribution in [0, 0.1) is 0 Å². The number of methoxy groups -OCH3 is 1. The lowest BCUT2D eigenvalue weighted by Gasteiger charge is -2.46. The number of likely N-dealkylation sites (tertiary alicyclic amines) is 1. The van der Waals surface area contributed by atoms with E-state index in [-0.39, 0.29) is 11.6 Å². The molecule has 1 aromatic heterocycles. The second-order valence-corrected chi connectivity index (χ2v) is 6.28. The fraction of sp³-hybridized carbons (Fsp3) is 0.706. The Labute approximate surface area is 128 Å².